The van der Waals surface area contributed by atoms with Crippen LogP contribution < -0.4 is 11.1 Å². The van der Waals surface area contributed by atoms with Gasteiger partial charge in [0.05, 0.1) is 17.8 Å². The maximum atomic E-state index is 12.4. The van der Waals surface area contributed by atoms with Gasteiger partial charge in [0.15, 0.2) is 5.58 Å². The number of para-hydroxylation sites is 2. The molecule has 0 radical (unpaired) electrons. The van der Waals surface area contributed by atoms with Gasteiger partial charge in [-0.2, -0.15) is 5.10 Å². The number of fused-ring (bicyclic) bond motifs is 1. The molecule has 0 unspecified atom stereocenters. The van der Waals surface area contributed by atoms with Crippen molar-refractivity contribution in [2.75, 3.05) is 0 Å². The number of carbonyl (C=O) groups is 1. The molecule has 7 heteroatoms. The van der Waals surface area contributed by atoms with E-state index in [1.54, 1.807) is 6.07 Å². The SMILES string of the molecule is Cc1nn(Cc2ccccc2)c(C)c1CNC(=O)CCn1c(=O)oc2ccccc21. The molecule has 0 saturated carbocycles. The summed E-state index contributed by atoms with van der Waals surface area (Å²) >= 11 is 0. The minimum absolute atomic E-state index is 0.123. The maximum Gasteiger partial charge on any atom is 0.419 e. The second kappa shape index (κ2) is 8.41. The Bertz CT molecular complexity index is 1230. The van der Waals surface area contributed by atoms with Crippen LogP contribution in [0.1, 0.15) is 28.9 Å². The van der Waals surface area contributed by atoms with E-state index < -0.39 is 5.76 Å². The van der Waals surface area contributed by atoms with Crippen LogP contribution in [0.2, 0.25) is 0 Å². The van der Waals surface area contributed by atoms with Gasteiger partial charge in [-0.3, -0.25) is 14.0 Å². The summed E-state index contributed by atoms with van der Waals surface area (Å²) in [7, 11) is 0. The lowest BCUT2D eigenvalue weighted by Crippen LogP contribution is -2.26. The van der Waals surface area contributed by atoms with Gasteiger partial charge in [-0.1, -0.05) is 42.5 Å². The molecule has 7 nitrogen and oxygen atoms in total. The van der Waals surface area contributed by atoms with Crippen LogP contribution in [-0.2, 0) is 24.4 Å². The fourth-order valence-corrected chi connectivity index (χ4v) is 3.61. The Morgan fingerprint density at radius 2 is 1.80 bits per heavy atom. The second-order valence-corrected chi connectivity index (χ2v) is 7.31. The van der Waals surface area contributed by atoms with Gasteiger partial charge in [-0.25, -0.2) is 4.79 Å². The summed E-state index contributed by atoms with van der Waals surface area (Å²) in [5.74, 6) is -0.570. The number of aromatic nitrogens is 3. The molecule has 4 rings (SSSR count). The molecule has 0 fully saturated rings. The average molecular weight is 404 g/mol. The molecule has 1 amide bonds. The first kappa shape index (κ1) is 19.7. The highest BCUT2D eigenvalue weighted by molar-refractivity contribution is 5.76. The summed E-state index contributed by atoms with van der Waals surface area (Å²) in [5.41, 5.74) is 5.36. The molecule has 0 bridgehead atoms. The molecule has 0 aliphatic heterocycles. The van der Waals surface area contributed by atoms with E-state index in [0.29, 0.717) is 24.2 Å². The van der Waals surface area contributed by atoms with Crippen molar-refractivity contribution in [1.29, 1.82) is 0 Å². The van der Waals surface area contributed by atoms with Gasteiger partial charge in [0.1, 0.15) is 0 Å². The van der Waals surface area contributed by atoms with Gasteiger partial charge >= 0.3 is 5.76 Å². The number of oxazole rings is 1. The number of benzene rings is 2. The zero-order valence-corrected chi connectivity index (χ0v) is 17.1. The van der Waals surface area contributed by atoms with E-state index >= 15 is 0 Å². The molecule has 2 aromatic carbocycles. The third kappa shape index (κ3) is 4.05. The Hall–Kier alpha value is -3.61. The molecular formula is C23H24N4O3. The summed E-state index contributed by atoms with van der Waals surface area (Å²) in [6, 6.07) is 17.4. The second-order valence-electron chi connectivity index (χ2n) is 7.31. The topological polar surface area (TPSA) is 82.1 Å². The Kier molecular flexibility index (Phi) is 5.52. The number of carbonyl (C=O) groups excluding carboxylic acids is 1. The standard InChI is InChI=1S/C23H24N4O3/c1-16-19(17(2)27(25-16)15-18-8-4-3-5-9-18)14-24-22(28)12-13-26-20-10-6-7-11-21(20)30-23(26)29/h3-11H,12-15H2,1-2H3,(H,24,28). The maximum absolute atomic E-state index is 12.4. The minimum Gasteiger partial charge on any atom is -0.408 e. The summed E-state index contributed by atoms with van der Waals surface area (Å²) in [6.45, 7) is 5.34. The molecule has 154 valence electrons. The lowest BCUT2D eigenvalue weighted by atomic mass is 10.2. The minimum atomic E-state index is -0.446. The Morgan fingerprint density at radius 3 is 2.60 bits per heavy atom. The zero-order valence-electron chi connectivity index (χ0n) is 17.1. The van der Waals surface area contributed by atoms with Crippen LogP contribution in [0.5, 0.6) is 0 Å². The van der Waals surface area contributed by atoms with Crippen molar-refractivity contribution in [2.45, 2.75) is 39.9 Å². The van der Waals surface area contributed by atoms with Crippen molar-refractivity contribution in [1.82, 2.24) is 19.7 Å². The average Bonchev–Trinajstić information content (AvgIpc) is 3.20. The van der Waals surface area contributed by atoms with Crippen LogP contribution in [0.15, 0.2) is 63.8 Å². The van der Waals surface area contributed by atoms with Gasteiger partial charge in [0.25, 0.3) is 0 Å². The molecule has 30 heavy (non-hydrogen) atoms. The highest BCUT2D eigenvalue weighted by Crippen LogP contribution is 2.15. The van der Waals surface area contributed by atoms with Gasteiger partial charge in [-0.05, 0) is 31.5 Å². The molecule has 0 aliphatic carbocycles. The first-order chi connectivity index (χ1) is 14.5. The van der Waals surface area contributed by atoms with Crippen LogP contribution in [0, 0.1) is 13.8 Å². The van der Waals surface area contributed by atoms with Crippen LogP contribution >= 0.6 is 0 Å². The summed E-state index contributed by atoms with van der Waals surface area (Å²) in [4.78, 5) is 24.4. The predicted octanol–water partition coefficient (Wildman–Crippen LogP) is 3.16. The number of amides is 1. The fraction of sp³-hybridized carbons (Fsp3) is 0.261. The number of hydrogen-bond acceptors (Lipinski definition) is 4. The summed E-state index contributed by atoms with van der Waals surface area (Å²) < 4.78 is 8.66. The van der Waals surface area contributed by atoms with E-state index in [9.17, 15) is 9.59 Å². The summed E-state index contributed by atoms with van der Waals surface area (Å²) in [6.07, 6.45) is 0.194. The lowest BCUT2D eigenvalue weighted by molar-refractivity contribution is -0.121. The monoisotopic (exact) mass is 404 g/mol. The highest BCUT2D eigenvalue weighted by Gasteiger charge is 2.14. The third-order valence-electron chi connectivity index (χ3n) is 5.31. The molecule has 4 aromatic rings. The molecule has 0 aliphatic rings. The van der Waals surface area contributed by atoms with E-state index in [4.69, 9.17) is 4.42 Å². The molecule has 0 atom stereocenters. The van der Waals surface area contributed by atoms with Crippen molar-refractivity contribution in [3.05, 3.63) is 87.7 Å². The fourth-order valence-electron chi connectivity index (χ4n) is 3.61. The number of rotatable bonds is 7. The number of nitrogens with one attached hydrogen (secondary N) is 1. The quantitative estimate of drug-likeness (QED) is 0.513. The van der Waals surface area contributed by atoms with Gasteiger partial charge in [-0.15, -0.1) is 0 Å². The Labute approximate surface area is 173 Å². The van der Waals surface area contributed by atoms with Crippen molar-refractivity contribution in [3.8, 4) is 0 Å². The van der Waals surface area contributed by atoms with Gasteiger partial charge in [0.2, 0.25) is 5.91 Å². The van der Waals surface area contributed by atoms with E-state index in [2.05, 4.69) is 22.5 Å². The van der Waals surface area contributed by atoms with Crippen LogP contribution in [0.3, 0.4) is 0 Å². The molecule has 0 saturated heterocycles. The third-order valence-corrected chi connectivity index (χ3v) is 5.31. The van der Waals surface area contributed by atoms with E-state index in [0.717, 1.165) is 17.0 Å². The number of nitrogens with zero attached hydrogens (tertiary/aromatic N) is 3. The van der Waals surface area contributed by atoms with Crippen LogP contribution in [0.4, 0.5) is 0 Å². The van der Waals surface area contributed by atoms with E-state index in [-0.39, 0.29) is 18.9 Å². The first-order valence-corrected chi connectivity index (χ1v) is 9.95. The zero-order chi connectivity index (χ0) is 21.1. The first-order valence-electron chi connectivity index (χ1n) is 9.95. The molecular weight excluding hydrogens is 380 g/mol. The smallest absolute Gasteiger partial charge is 0.408 e. The summed E-state index contributed by atoms with van der Waals surface area (Å²) in [5, 5.41) is 7.57. The van der Waals surface area contributed by atoms with Crippen LogP contribution in [-0.4, -0.2) is 20.3 Å². The Balaban J connectivity index is 1.38. The van der Waals surface area contributed by atoms with Crippen molar-refractivity contribution in [2.24, 2.45) is 0 Å². The largest absolute Gasteiger partial charge is 0.419 e. The molecule has 2 heterocycles. The Morgan fingerprint density at radius 1 is 1.07 bits per heavy atom. The van der Waals surface area contributed by atoms with E-state index in [1.165, 1.54) is 10.1 Å². The normalized spacial score (nSPS) is 11.1. The molecule has 1 N–H and O–H groups in total. The number of hydrogen-bond donors (Lipinski definition) is 1. The van der Waals surface area contributed by atoms with Crippen molar-refractivity contribution in [3.63, 3.8) is 0 Å². The molecule has 0 spiro atoms. The number of aryl methyl sites for hydroxylation is 2. The predicted molar refractivity (Wildman–Crippen MR) is 114 cm³/mol. The van der Waals surface area contributed by atoms with Crippen molar-refractivity contribution < 1.29 is 9.21 Å². The molecule has 2 aromatic heterocycles. The van der Waals surface area contributed by atoms with Gasteiger partial charge in [0, 0.05) is 30.8 Å². The lowest BCUT2D eigenvalue weighted by Gasteiger charge is -2.08. The van der Waals surface area contributed by atoms with Gasteiger partial charge < -0.3 is 9.73 Å². The van der Waals surface area contributed by atoms with Crippen LogP contribution in [0.25, 0.3) is 11.1 Å². The highest BCUT2D eigenvalue weighted by atomic mass is 16.4. The van der Waals surface area contributed by atoms with Crippen molar-refractivity contribution >= 4 is 17.0 Å². The van der Waals surface area contributed by atoms with E-state index in [1.807, 2.05) is 54.9 Å².